The van der Waals surface area contributed by atoms with Gasteiger partial charge >= 0.3 is 0 Å². The molecule has 0 fully saturated rings. The summed E-state index contributed by atoms with van der Waals surface area (Å²) < 4.78 is 8.18. The number of allylic oxidation sites excluding steroid dienone is 1. The van der Waals surface area contributed by atoms with E-state index in [1.165, 1.54) is 29.1 Å². The highest BCUT2D eigenvalue weighted by atomic mass is 16.6. The van der Waals surface area contributed by atoms with E-state index in [2.05, 4.69) is 44.3 Å². The van der Waals surface area contributed by atoms with E-state index in [1.807, 2.05) is 6.07 Å². The predicted molar refractivity (Wildman–Crippen MR) is 128 cm³/mol. The number of nitrogens with zero attached hydrogens (tertiary/aromatic N) is 5. The third kappa shape index (κ3) is 3.98. The Morgan fingerprint density at radius 2 is 2.18 bits per heavy atom. The number of hydrogen-bond donors (Lipinski definition) is 3. The lowest BCUT2D eigenvalue weighted by atomic mass is 10.0. The van der Waals surface area contributed by atoms with Crippen LogP contribution in [0.5, 0.6) is 0 Å². The number of aliphatic hydroxyl groups excluding tert-OH is 1. The molecule has 1 atom stereocenters. The smallest absolute Gasteiger partial charge is 0.278 e. The van der Waals surface area contributed by atoms with E-state index in [-0.39, 0.29) is 12.1 Å². The van der Waals surface area contributed by atoms with Crippen molar-refractivity contribution < 1.29 is 9.84 Å². The number of nitrogens with one attached hydrogen (secondary N) is 2. The lowest BCUT2D eigenvalue weighted by molar-refractivity contribution is -0.0798. The van der Waals surface area contributed by atoms with Gasteiger partial charge in [0.2, 0.25) is 5.95 Å². The number of pyridine rings is 1. The second-order valence-electron chi connectivity index (χ2n) is 7.98. The number of rotatable bonds is 7. The zero-order chi connectivity index (χ0) is 23.7. The summed E-state index contributed by atoms with van der Waals surface area (Å²) in [5.41, 5.74) is 4.56. The highest BCUT2D eigenvalue weighted by Crippen LogP contribution is 2.23. The van der Waals surface area contributed by atoms with Crippen LogP contribution >= 0.6 is 0 Å². The van der Waals surface area contributed by atoms with E-state index in [0.717, 1.165) is 25.2 Å². The Morgan fingerprint density at radius 3 is 3.00 bits per heavy atom. The van der Waals surface area contributed by atoms with Gasteiger partial charge in [0.05, 0.1) is 17.9 Å². The SMILES string of the molecule is C=CCn1c(=O)c2cnc(Nc3ccc4c(c3)CCNC4)nc2n1-c1ccnc(C(O)OC)c1. The van der Waals surface area contributed by atoms with E-state index < -0.39 is 6.29 Å². The number of anilines is 2. The Morgan fingerprint density at radius 1 is 1.29 bits per heavy atom. The fourth-order valence-corrected chi connectivity index (χ4v) is 4.15. The first-order valence-electron chi connectivity index (χ1n) is 10.9. The van der Waals surface area contributed by atoms with E-state index in [9.17, 15) is 9.90 Å². The summed E-state index contributed by atoms with van der Waals surface area (Å²) in [7, 11) is 1.39. The van der Waals surface area contributed by atoms with Gasteiger partial charge < -0.3 is 20.5 Å². The van der Waals surface area contributed by atoms with Gasteiger partial charge in [-0.3, -0.25) is 9.78 Å². The predicted octanol–water partition coefficient (Wildman–Crippen LogP) is 2.19. The molecule has 10 nitrogen and oxygen atoms in total. The van der Waals surface area contributed by atoms with Crippen LogP contribution in [0, 0.1) is 0 Å². The molecule has 1 aliphatic rings. The molecule has 3 N–H and O–H groups in total. The molecule has 0 radical (unpaired) electrons. The second kappa shape index (κ2) is 9.18. The summed E-state index contributed by atoms with van der Waals surface area (Å²) >= 11 is 0. The van der Waals surface area contributed by atoms with Crippen LogP contribution < -0.4 is 16.2 Å². The standard InChI is InChI=1S/C24H25N7O3/c1-3-10-30-22(32)19-14-27-24(28-17-5-4-16-13-25-8-6-15(16)11-17)29-21(19)31(30)18-7-9-26-20(12-18)23(33)34-2/h3-5,7,9,11-12,14,23,25,33H,1,6,8,10,13H2,2H3,(H,27,28,29). The molecular weight excluding hydrogens is 434 g/mol. The molecule has 5 rings (SSSR count). The Labute approximate surface area is 195 Å². The highest BCUT2D eigenvalue weighted by molar-refractivity contribution is 5.77. The fourth-order valence-electron chi connectivity index (χ4n) is 4.15. The summed E-state index contributed by atoms with van der Waals surface area (Å²) in [6.07, 6.45) is 4.48. The van der Waals surface area contributed by atoms with E-state index in [1.54, 1.807) is 29.1 Å². The number of benzene rings is 1. The molecule has 0 spiro atoms. The van der Waals surface area contributed by atoms with Crippen LogP contribution in [0.4, 0.5) is 11.6 Å². The maximum Gasteiger partial charge on any atom is 0.278 e. The van der Waals surface area contributed by atoms with Gasteiger partial charge in [-0.2, -0.15) is 4.98 Å². The highest BCUT2D eigenvalue weighted by Gasteiger charge is 2.19. The lowest BCUT2D eigenvalue weighted by Gasteiger charge is -2.18. The molecule has 0 saturated carbocycles. The zero-order valence-electron chi connectivity index (χ0n) is 18.7. The maximum absolute atomic E-state index is 13.1. The molecule has 0 bridgehead atoms. The lowest BCUT2D eigenvalue weighted by Crippen LogP contribution is -2.23. The number of methoxy groups -OCH3 is 1. The van der Waals surface area contributed by atoms with Crippen molar-refractivity contribution in [3.8, 4) is 5.69 Å². The van der Waals surface area contributed by atoms with Crippen molar-refractivity contribution in [1.82, 2.24) is 29.6 Å². The Bertz CT molecular complexity index is 1430. The van der Waals surface area contributed by atoms with Gasteiger partial charge in [-0.25, -0.2) is 14.3 Å². The third-order valence-electron chi connectivity index (χ3n) is 5.81. The molecule has 3 aromatic heterocycles. The molecule has 0 saturated heterocycles. The molecule has 1 aliphatic heterocycles. The molecule has 174 valence electrons. The van der Waals surface area contributed by atoms with Crippen LogP contribution in [-0.2, 0) is 24.2 Å². The minimum atomic E-state index is -1.19. The molecule has 1 unspecified atom stereocenters. The fraction of sp³-hybridized carbons (Fsp3) is 0.250. The van der Waals surface area contributed by atoms with E-state index in [4.69, 9.17) is 4.74 Å². The Kier molecular flexibility index (Phi) is 5.93. The molecular formula is C24H25N7O3. The largest absolute Gasteiger partial charge is 0.363 e. The summed E-state index contributed by atoms with van der Waals surface area (Å²) in [6.45, 7) is 5.86. The number of aromatic nitrogens is 5. The number of aliphatic hydroxyl groups is 1. The van der Waals surface area contributed by atoms with Crippen LogP contribution in [0.3, 0.4) is 0 Å². The number of fused-ring (bicyclic) bond motifs is 2. The van der Waals surface area contributed by atoms with Crippen molar-refractivity contribution in [2.45, 2.75) is 25.8 Å². The quantitative estimate of drug-likeness (QED) is 0.284. The van der Waals surface area contributed by atoms with Gasteiger partial charge in [-0.15, -0.1) is 6.58 Å². The summed E-state index contributed by atoms with van der Waals surface area (Å²) in [6, 6.07) is 9.59. The number of hydrogen-bond acceptors (Lipinski definition) is 8. The van der Waals surface area contributed by atoms with Crippen molar-refractivity contribution in [3.05, 3.63) is 82.6 Å². The molecule has 4 heterocycles. The Balaban J connectivity index is 1.60. The average Bonchev–Trinajstić information content (AvgIpc) is 3.14. The molecule has 10 heteroatoms. The summed E-state index contributed by atoms with van der Waals surface area (Å²) in [5.74, 6) is 0.372. The number of ether oxygens (including phenoxy) is 1. The third-order valence-corrected chi connectivity index (χ3v) is 5.81. The van der Waals surface area contributed by atoms with Crippen LogP contribution in [-0.4, -0.2) is 43.1 Å². The van der Waals surface area contributed by atoms with E-state index >= 15 is 0 Å². The van der Waals surface area contributed by atoms with Crippen LogP contribution in [0.1, 0.15) is 23.1 Å². The van der Waals surface area contributed by atoms with Crippen molar-refractivity contribution in [2.75, 3.05) is 19.0 Å². The van der Waals surface area contributed by atoms with Crippen molar-refractivity contribution >= 4 is 22.7 Å². The van der Waals surface area contributed by atoms with E-state index in [0.29, 0.717) is 28.4 Å². The monoisotopic (exact) mass is 459 g/mol. The first-order chi connectivity index (χ1) is 16.6. The van der Waals surface area contributed by atoms with Gasteiger partial charge in [0.25, 0.3) is 5.56 Å². The zero-order valence-corrected chi connectivity index (χ0v) is 18.7. The molecule has 4 aromatic rings. The topological polar surface area (TPSA) is 119 Å². The maximum atomic E-state index is 13.1. The molecule has 0 amide bonds. The van der Waals surface area contributed by atoms with Gasteiger partial charge in [0.1, 0.15) is 5.39 Å². The van der Waals surface area contributed by atoms with Crippen LogP contribution in [0.25, 0.3) is 16.7 Å². The molecule has 0 aliphatic carbocycles. The van der Waals surface area contributed by atoms with Crippen LogP contribution in [0.2, 0.25) is 0 Å². The van der Waals surface area contributed by atoms with Crippen molar-refractivity contribution in [3.63, 3.8) is 0 Å². The van der Waals surface area contributed by atoms with Crippen molar-refractivity contribution in [2.24, 2.45) is 0 Å². The van der Waals surface area contributed by atoms with Crippen molar-refractivity contribution in [1.29, 1.82) is 0 Å². The van der Waals surface area contributed by atoms with Gasteiger partial charge in [-0.1, -0.05) is 12.1 Å². The molecule has 1 aromatic carbocycles. The Hall–Kier alpha value is -3.86. The van der Waals surface area contributed by atoms with Gasteiger partial charge in [-0.05, 0) is 48.4 Å². The minimum Gasteiger partial charge on any atom is -0.363 e. The summed E-state index contributed by atoms with van der Waals surface area (Å²) in [4.78, 5) is 26.3. The first kappa shape index (κ1) is 22.0. The normalized spacial score (nSPS) is 14.1. The van der Waals surface area contributed by atoms with Crippen LogP contribution in [0.15, 0.2) is 60.2 Å². The minimum absolute atomic E-state index is 0.242. The summed E-state index contributed by atoms with van der Waals surface area (Å²) in [5, 5.41) is 17.1. The molecule has 34 heavy (non-hydrogen) atoms. The average molecular weight is 460 g/mol. The van der Waals surface area contributed by atoms with Gasteiger partial charge in [0, 0.05) is 31.7 Å². The second-order valence-corrected chi connectivity index (χ2v) is 7.98. The van der Waals surface area contributed by atoms with Gasteiger partial charge in [0.15, 0.2) is 11.9 Å². The first-order valence-corrected chi connectivity index (χ1v) is 10.9.